The standard InChI is InChI=1S/C36H30BrN3O7S2/c1-2-46-35(44)18-3-9-20(10-4-18)38-25(41)16-47-22-13-5-17(6-14-22)26-27-23-15-24(30(27)48-32-31(26)49-36(45)39-32)29-28(23)33(42)40(34(29)43)21-11-7-19(37)8-12-21/h3-14,23-24,26-30H,2,15-16H2,1H3,(H,38,41)(H,39,45)/t23-,24-,26+,27-,28+,29+,30-/m1/s1. The number of H-pyrrole nitrogens is 1. The number of anilines is 2. The van der Waals surface area contributed by atoms with Crippen molar-refractivity contribution in [1.82, 2.24) is 4.98 Å². The summed E-state index contributed by atoms with van der Waals surface area (Å²) in [6.45, 7) is 1.80. The number of nitrogens with zero attached hydrogens (tertiary/aromatic N) is 1. The molecule has 7 atom stereocenters. The van der Waals surface area contributed by atoms with Crippen LogP contribution in [0.25, 0.3) is 0 Å². The van der Waals surface area contributed by atoms with E-state index in [1.165, 1.54) is 16.2 Å². The fourth-order valence-corrected chi connectivity index (χ4v) is 11.4. The molecule has 2 aliphatic carbocycles. The van der Waals surface area contributed by atoms with Crippen molar-refractivity contribution in [1.29, 1.82) is 0 Å². The van der Waals surface area contributed by atoms with Crippen molar-refractivity contribution < 1.29 is 28.7 Å². The van der Waals surface area contributed by atoms with Crippen molar-refractivity contribution in [2.75, 3.05) is 23.4 Å². The van der Waals surface area contributed by atoms with Crippen LogP contribution >= 0.6 is 39.0 Å². The van der Waals surface area contributed by atoms with E-state index >= 15 is 0 Å². The molecule has 0 unspecified atom stereocenters. The van der Waals surface area contributed by atoms with E-state index in [0.29, 0.717) is 22.7 Å². The normalized spacial score (nSPS) is 26.2. The molecule has 49 heavy (non-hydrogen) atoms. The summed E-state index contributed by atoms with van der Waals surface area (Å²) in [5.74, 6) is -1.28. The van der Waals surface area contributed by atoms with Crippen molar-refractivity contribution in [3.63, 3.8) is 0 Å². The molecular formula is C36H30BrN3O7S2. The molecule has 3 heterocycles. The number of carbonyl (C=O) groups excluding carboxylic acids is 4. The molecule has 2 bridgehead atoms. The third-order valence-corrected chi connectivity index (χ3v) is 13.2. The third-order valence-electron chi connectivity index (χ3n) is 10.1. The van der Waals surface area contributed by atoms with Crippen LogP contribution in [0.1, 0.15) is 40.1 Å². The highest BCUT2D eigenvalue weighted by molar-refractivity contribution is 9.10. The predicted octanol–water partition coefficient (Wildman–Crippen LogP) is 6.07. The first-order valence-corrected chi connectivity index (χ1v) is 18.5. The topological polar surface area (TPSA) is 135 Å². The molecule has 4 aliphatic rings. The maximum absolute atomic E-state index is 14.0. The fraction of sp³-hybridized carbons (Fsp3) is 0.306. The molecule has 1 saturated heterocycles. The first kappa shape index (κ1) is 32.0. The van der Waals surface area contributed by atoms with Crippen LogP contribution in [0.5, 0.6) is 5.75 Å². The number of thioether (sulfide) groups is 1. The summed E-state index contributed by atoms with van der Waals surface area (Å²) in [7, 11) is 0. The van der Waals surface area contributed by atoms with E-state index in [4.69, 9.17) is 9.47 Å². The van der Waals surface area contributed by atoms with Crippen molar-refractivity contribution in [2.24, 2.45) is 29.6 Å². The zero-order chi connectivity index (χ0) is 34.0. The zero-order valence-corrected chi connectivity index (χ0v) is 29.3. The van der Waals surface area contributed by atoms with Gasteiger partial charge in [0.05, 0.1) is 34.7 Å². The highest BCUT2D eigenvalue weighted by Crippen LogP contribution is 2.68. The Morgan fingerprint density at radius 2 is 1.63 bits per heavy atom. The van der Waals surface area contributed by atoms with Gasteiger partial charge in [-0.15, -0.1) is 11.8 Å². The van der Waals surface area contributed by atoms with Gasteiger partial charge in [0.15, 0.2) is 6.61 Å². The number of hydrogen-bond donors (Lipinski definition) is 2. The molecule has 0 spiro atoms. The Labute approximate surface area is 297 Å². The number of imide groups is 1. The smallest absolute Gasteiger partial charge is 0.338 e. The lowest BCUT2D eigenvalue weighted by atomic mass is 9.68. The molecule has 1 aromatic heterocycles. The lowest BCUT2D eigenvalue weighted by molar-refractivity contribution is -0.123. The van der Waals surface area contributed by atoms with E-state index in [1.807, 2.05) is 36.4 Å². The molecule has 2 aliphatic heterocycles. The van der Waals surface area contributed by atoms with Gasteiger partial charge in [0.25, 0.3) is 5.91 Å². The molecule has 3 amide bonds. The summed E-state index contributed by atoms with van der Waals surface area (Å²) < 4.78 is 11.7. The summed E-state index contributed by atoms with van der Waals surface area (Å²) in [5.41, 5.74) is 2.52. The second kappa shape index (κ2) is 12.6. The van der Waals surface area contributed by atoms with Gasteiger partial charge in [-0.2, -0.15) is 0 Å². The molecule has 3 aromatic carbocycles. The number of esters is 1. The van der Waals surface area contributed by atoms with Crippen molar-refractivity contribution in [3.8, 4) is 5.75 Å². The van der Waals surface area contributed by atoms with E-state index < -0.39 is 5.97 Å². The number of carbonyl (C=O) groups is 4. The SMILES string of the molecule is CCOC(=O)c1ccc(NC(=O)COc2ccc([C@@H]3c4sc(=O)[nH]c4S[C@@H]4[C@@H]5C[C@@H]([C@@H]6C(=O)N(c7ccc(Br)cc7)C(=O)[C@@H]56)[C@H]34)cc2)cc1. The summed E-state index contributed by atoms with van der Waals surface area (Å²) in [6.07, 6.45) is 0.806. The monoisotopic (exact) mass is 759 g/mol. The van der Waals surface area contributed by atoms with E-state index in [2.05, 4.69) is 26.2 Å². The summed E-state index contributed by atoms with van der Waals surface area (Å²) in [5, 5.41) is 3.69. The molecular weight excluding hydrogens is 730 g/mol. The van der Waals surface area contributed by atoms with Crippen LogP contribution in [0, 0.1) is 29.6 Å². The minimum atomic E-state index is -0.424. The molecule has 250 valence electrons. The van der Waals surface area contributed by atoms with Crippen LogP contribution in [-0.2, 0) is 19.1 Å². The molecule has 13 heteroatoms. The van der Waals surface area contributed by atoms with Gasteiger partial charge in [-0.3, -0.25) is 24.1 Å². The number of ether oxygens (including phenoxy) is 2. The van der Waals surface area contributed by atoms with Gasteiger partial charge in [0, 0.05) is 26.2 Å². The third kappa shape index (κ3) is 5.51. The summed E-state index contributed by atoms with van der Waals surface area (Å²) >= 11 is 6.30. The lowest BCUT2D eigenvalue weighted by Crippen LogP contribution is -2.42. The second-order valence-electron chi connectivity index (χ2n) is 12.7. The van der Waals surface area contributed by atoms with Crippen LogP contribution in [0.2, 0.25) is 0 Å². The van der Waals surface area contributed by atoms with E-state index in [0.717, 1.165) is 26.4 Å². The van der Waals surface area contributed by atoms with Crippen LogP contribution < -0.4 is 19.8 Å². The Kier molecular flexibility index (Phi) is 8.24. The number of amides is 3. The largest absolute Gasteiger partial charge is 0.484 e. The number of aromatic amines is 1. The number of thiazole rings is 1. The average molecular weight is 761 g/mol. The highest BCUT2D eigenvalue weighted by Gasteiger charge is 2.69. The van der Waals surface area contributed by atoms with Crippen LogP contribution in [0.4, 0.5) is 11.4 Å². The maximum atomic E-state index is 14.0. The Morgan fingerprint density at radius 3 is 2.33 bits per heavy atom. The molecule has 2 saturated carbocycles. The molecule has 4 aromatic rings. The van der Waals surface area contributed by atoms with Crippen LogP contribution in [0.15, 0.2) is 87.1 Å². The zero-order valence-electron chi connectivity index (χ0n) is 26.1. The van der Waals surface area contributed by atoms with Gasteiger partial charge in [-0.1, -0.05) is 39.4 Å². The van der Waals surface area contributed by atoms with Crippen molar-refractivity contribution in [3.05, 3.63) is 103 Å². The molecule has 3 fully saturated rings. The Morgan fingerprint density at radius 1 is 0.939 bits per heavy atom. The summed E-state index contributed by atoms with van der Waals surface area (Å²) in [6, 6.07) is 21.3. The Hall–Kier alpha value is -4.20. The van der Waals surface area contributed by atoms with Gasteiger partial charge in [-0.25, -0.2) is 4.79 Å². The van der Waals surface area contributed by atoms with Gasteiger partial charge < -0.3 is 19.8 Å². The van der Waals surface area contributed by atoms with Crippen molar-refractivity contribution >= 4 is 74.1 Å². The number of aromatic nitrogens is 1. The maximum Gasteiger partial charge on any atom is 0.338 e. The van der Waals surface area contributed by atoms with Crippen LogP contribution in [-0.4, -0.2) is 47.1 Å². The quantitative estimate of drug-likeness (QED) is 0.163. The average Bonchev–Trinajstić information content (AvgIpc) is 3.84. The van der Waals surface area contributed by atoms with Gasteiger partial charge in [-0.05, 0) is 97.3 Å². The first-order valence-electron chi connectivity index (χ1n) is 16.0. The van der Waals surface area contributed by atoms with Gasteiger partial charge >= 0.3 is 10.8 Å². The predicted molar refractivity (Wildman–Crippen MR) is 188 cm³/mol. The minimum Gasteiger partial charge on any atom is -0.484 e. The van der Waals surface area contributed by atoms with Crippen molar-refractivity contribution in [2.45, 2.75) is 29.5 Å². The molecule has 0 radical (unpaired) electrons. The number of nitrogens with one attached hydrogen (secondary N) is 2. The van der Waals surface area contributed by atoms with E-state index in [-0.39, 0.29) is 76.6 Å². The first-order chi connectivity index (χ1) is 23.7. The fourth-order valence-electron chi connectivity index (χ4n) is 8.26. The minimum absolute atomic E-state index is 0.00531. The van der Waals surface area contributed by atoms with E-state index in [1.54, 1.807) is 55.1 Å². The van der Waals surface area contributed by atoms with Gasteiger partial charge in [0.1, 0.15) is 5.75 Å². The number of fused-ring (bicyclic) bond motifs is 9. The summed E-state index contributed by atoms with van der Waals surface area (Å²) in [4.78, 5) is 70.1. The van der Waals surface area contributed by atoms with Gasteiger partial charge in [0.2, 0.25) is 11.8 Å². The molecule has 10 nitrogen and oxygen atoms in total. The number of hydrogen-bond acceptors (Lipinski definition) is 9. The second-order valence-corrected chi connectivity index (χ2v) is 15.8. The van der Waals surface area contributed by atoms with E-state index in [9.17, 15) is 24.0 Å². The Bertz CT molecular complexity index is 2030. The Balaban J connectivity index is 0.996. The lowest BCUT2D eigenvalue weighted by Gasteiger charge is -2.43. The molecule has 8 rings (SSSR count). The number of halogens is 1. The number of rotatable bonds is 8. The highest BCUT2D eigenvalue weighted by atomic mass is 79.9. The number of benzene rings is 3. The molecule has 2 N–H and O–H groups in total. The van der Waals surface area contributed by atoms with Crippen LogP contribution in [0.3, 0.4) is 0 Å².